The number of hydrazone groups is 1. The van der Waals surface area contributed by atoms with E-state index in [0.29, 0.717) is 5.56 Å². The number of aryl methyl sites for hydroxylation is 1. The van der Waals surface area contributed by atoms with Crippen LogP contribution in [0.1, 0.15) is 43.7 Å². The molecule has 2 aromatic carbocycles. The van der Waals surface area contributed by atoms with E-state index >= 15 is 0 Å². The molecule has 0 bridgehead atoms. The van der Waals surface area contributed by atoms with Crippen molar-refractivity contribution in [1.82, 2.24) is 4.83 Å². The molecular formula is C21H25N3O4S. The van der Waals surface area contributed by atoms with Gasteiger partial charge in [-0.3, -0.25) is 10.1 Å². The molecule has 29 heavy (non-hydrogen) atoms. The highest BCUT2D eigenvalue weighted by Gasteiger charge is 2.19. The van der Waals surface area contributed by atoms with Crippen molar-refractivity contribution in [3.05, 3.63) is 75.3 Å². The third-order valence-corrected chi connectivity index (χ3v) is 5.53. The number of hydrogen-bond acceptors (Lipinski definition) is 5. The smallest absolute Gasteiger partial charge is 0.258 e. The zero-order valence-electron chi connectivity index (χ0n) is 16.5. The van der Waals surface area contributed by atoms with Crippen LogP contribution in [0.4, 0.5) is 5.69 Å². The number of nitro benzene ring substituents is 1. The fraction of sp³-hybridized carbons (Fsp3) is 0.286. The van der Waals surface area contributed by atoms with Gasteiger partial charge in [-0.05, 0) is 37.0 Å². The molecule has 0 aliphatic rings. The Bertz CT molecular complexity index is 1000. The summed E-state index contributed by atoms with van der Waals surface area (Å²) in [5.41, 5.74) is 2.03. The molecule has 0 aliphatic carbocycles. The number of nitro groups is 1. The van der Waals surface area contributed by atoms with Crippen molar-refractivity contribution in [2.45, 2.75) is 44.4 Å². The number of allylic oxidation sites excluding steroid dienone is 1. The number of nitrogens with one attached hydrogen (secondary N) is 1. The predicted molar refractivity (Wildman–Crippen MR) is 115 cm³/mol. The van der Waals surface area contributed by atoms with E-state index < -0.39 is 14.9 Å². The molecule has 0 saturated heterocycles. The number of nitrogens with zero attached hydrogens (tertiary/aromatic N) is 2. The lowest BCUT2D eigenvalue weighted by Gasteiger charge is -2.06. The van der Waals surface area contributed by atoms with Gasteiger partial charge in [0.25, 0.3) is 15.7 Å². The Morgan fingerprint density at radius 3 is 2.55 bits per heavy atom. The molecule has 8 heteroatoms. The summed E-state index contributed by atoms with van der Waals surface area (Å²) in [6, 6.07) is 13.5. The number of hydrogen-bond donors (Lipinski definition) is 1. The first kappa shape index (κ1) is 22.3. The van der Waals surface area contributed by atoms with Crippen LogP contribution in [0.25, 0.3) is 6.08 Å². The van der Waals surface area contributed by atoms with Crippen LogP contribution in [0.5, 0.6) is 0 Å². The van der Waals surface area contributed by atoms with Crippen molar-refractivity contribution in [2.75, 3.05) is 0 Å². The van der Waals surface area contributed by atoms with E-state index in [2.05, 4.69) is 16.9 Å². The molecule has 0 radical (unpaired) electrons. The van der Waals surface area contributed by atoms with Gasteiger partial charge in [0, 0.05) is 11.6 Å². The fourth-order valence-electron chi connectivity index (χ4n) is 2.70. The summed E-state index contributed by atoms with van der Waals surface area (Å²) >= 11 is 0. The summed E-state index contributed by atoms with van der Waals surface area (Å²) in [5.74, 6) is 0. The van der Waals surface area contributed by atoms with E-state index in [1.807, 2.05) is 36.4 Å². The van der Waals surface area contributed by atoms with Crippen LogP contribution in [-0.2, 0) is 10.0 Å². The lowest BCUT2D eigenvalue weighted by molar-refractivity contribution is -0.385. The van der Waals surface area contributed by atoms with Crippen molar-refractivity contribution >= 4 is 28.0 Å². The van der Waals surface area contributed by atoms with E-state index in [1.54, 1.807) is 6.92 Å². The molecule has 0 fully saturated rings. The van der Waals surface area contributed by atoms with Gasteiger partial charge in [-0.2, -0.15) is 13.5 Å². The van der Waals surface area contributed by atoms with Crippen molar-refractivity contribution < 1.29 is 13.3 Å². The Balaban J connectivity index is 2.19. The number of benzene rings is 2. The summed E-state index contributed by atoms with van der Waals surface area (Å²) in [4.78, 5) is 12.4. The fourth-order valence-corrected chi connectivity index (χ4v) is 3.51. The quantitative estimate of drug-likeness (QED) is 0.260. The third kappa shape index (κ3) is 6.83. The molecule has 0 unspecified atom stereocenters. The summed E-state index contributed by atoms with van der Waals surface area (Å²) < 4.78 is 24.9. The van der Waals surface area contributed by atoms with E-state index in [0.717, 1.165) is 42.9 Å². The summed E-state index contributed by atoms with van der Waals surface area (Å²) in [6.07, 6.45) is 7.34. The molecule has 0 amide bonds. The molecule has 7 nitrogen and oxygen atoms in total. The van der Waals surface area contributed by atoms with Crippen molar-refractivity contribution in [3.8, 4) is 0 Å². The molecule has 0 aromatic heterocycles. The van der Waals surface area contributed by atoms with E-state index in [1.165, 1.54) is 18.3 Å². The second-order valence-electron chi connectivity index (χ2n) is 6.65. The highest BCUT2D eigenvalue weighted by Crippen LogP contribution is 2.22. The van der Waals surface area contributed by atoms with Crippen molar-refractivity contribution in [1.29, 1.82) is 0 Å². The highest BCUT2D eigenvalue weighted by molar-refractivity contribution is 7.89. The number of sulfonamides is 1. The third-order valence-electron chi connectivity index (χ3n) is 4.31. The molecular weight excluding hydrogens is 390 g/mol. The molecule has 0 heterocycles. The van der Waals surface area contributed by atoms with Gasteiger partial charge in [0.05, 0.1) is 16.0 Å². The first-order valence-electron chi connectivity index (χ1n) is 9.39. The van der Waals surface area contributed by atoms with Crippen LogP contribution in [0.3, 0.4) is 0 Å². The summed E-state index contributed by atoms with van der Waals surface area (Å²) in [6.45, 7) is 3.67. The monoisotopic (exact) mass is 415 g/mol. The van der Waals surface area contributed by atoms with E-state index in [9.17, 15) is 18.5 Å². The molecule has 2 rings (SSSR count). The van der Waals surface area contributed by atoms with Crippen LogP contribution in [-0.4, -0.2) is 19.6 Å². The molecule has 0 atom stereocenters. The largest absolute Gasteiger partial charge is 0.276 e. The van der Waals surface area contributed by atoms with Crippen LogP contribution < -0.4 is 4.83 Å². The summed E-state index contributed by atoms with van der Waals surface area (Å²) in [5, 5.41) is 14.9. The minimum atomic E-state index is -4.01. The minimum absolute atomic E-state index is 0.202. The van der Waals surface area contributed by atoms with E-state index in [-0.39, 0.29) is 10.6 Å². The van der Waals surface area contributed by atoms with Crippen LogP contribution >= 0.6 is 0 Å². The number of rotatable bonds is 10. The predicted octanol–water partition coefficient (Wildman–Crippen LogP) is 4.83. The lowest BCUT2D eigenvalue weighted by Crippen LogP contribution is -2.18. The van der Waals surface area contributed by atoms with E-state index in [4.69, 9.17) is 0 Å². The highest BCUT2D eigenvalue weighted by atomic mass is 32.2. The van der Waals surface area contributed by atoms with Gasteiger partial charge in [0.15, 0.2) is 0 Å². The Morgan fingerprint density at radius 1 is 1.17 bits per heavy atom. The minimum Gasteiger partial charge on any atom is -0.258 e. The maximum Gasteiger partial charge on any atom is 0.276 e. The Kier molecular flexibility index (Phi) is 8.09. The first-order valence-corrected chi connectivity index (χ1v) is 10.9. The Hall–Kier alpha value is -3.00. The normalized spacial score (nSPS) is 12.3. The standard InChI is InChI=1S/C21H25N3O4S/c1-3-4-6-11-19(14-18-9-7-5-8-10-18)16-22-23-29(27,28)20-13-12-17(2)21(15-20)24(25)26/h5,7-10,12-16,23H,3-4,6,11H2,1-2H3/b19-14+,22-16-. The van der Waals surface area contributed by atoms with Gasteiger partial charge < -0.3 is 0 Å². The van der Waals surface area contributed by atoms with Gasteiger partial charge in [0.2, 0.25) is 0 Å². The molecule has 154 valence electrons. The SMILES string of the molecule is CCCCCC(/C=N\NS(=O)(=O)c1ccc(C)c([N+](=O)[O-])c1)=C\c1ccccc1. The van der Waals surface area contributed by atoms with Crippen LogP contribution in [0, 0.1) is 17.0 Å². The zero-order chi connectivity index (χ0) is 21.3. The molecule has 2 aromatic rings. The molecule has 0 aliphatic heterocycles. The molecule has 0 spiro atoms. The Morgan fingerprint density at radius 2 is 1.90 bits per heavy atom. The zero-order valence-corrected chi connectivity index (χ0v) is 17.4. The van der Waals surface area contributed by atoms with Gasteiger partial charge in [0.1, 0.15) is 0 Å². The van der Waals surface area contributed by atoms with Gasteiger partial charge >= 0.3 is 0 Å². The van der Waals surface area contributed by atoms with Crippen molar-refractivity contribution in [3.63, 3.8) is 0 Å². The number of unbranched alkanes of at least 4 members (excludes halogenated alkanes) is 2. The van der Waals surface area contributed by atoms with Gasteiger partial charge in [-0.1, -0.05) is 62.2 Å². The lowest BCUT2D eigenvalue weighted by atomic mass is 10.1. The maximum atomic E-state index is 12.5. The van der Waals surface area contributed by atoms with Gasteiger partial charge in [-0.25, -0.2) is 4.83 Å². The second kappa shape index (κ2) is 10.5. The average Bonchev–Trinajstić information content (AvgIpc) is 2.68. The summed E-state index contributed by atoms with van der Waals surface area (Å²) in [7, 11) is -4.01. The maximum absolute atomic E-state index is 12.5. The molecule has 0 saturated carbocycles. The Labute approximate surface area is 171 Å². The second-order valence-corrected chi connectivity index (χ2v) is 8.31. The molecule has 1 N–H and O–H groups in total. The van der Waals surface area contributed by atoms with Crippen LogP contribution in [0.2, 0.25) is 0 Å². The van der Waals surface area contributed by atoms with Crippen LogP contribution in [0.15, 0.2) is 64.1 Å². The average molecular weight is 416 g/mol. The van der Waals surface area contributed by atoms with Crippen molar-refractivity contribution in [2.24, 2.45) is 5.10 Å². The first-order chi connectivity index (χ1) is 13.8. The topological polar surface area (TPSA) is 102 Å². The van der Waals surface area contributed by atoms with Gasteiger partial charge in [-0.15, -0.1) is 0 Å².